The van der Waals surface area contributed by atoms with Gasteiger partial charge in [-0.15, -0.1) is 0 Å². The van der Waals surface area contributed by atoms with E-state index in [0.29, 0.717) is 55.3 Å². The third-order valence-electron chi connectivity index (χ3n) is 7.02. The average molecular weight is 518 g/mol. The van der Waals surface area contributed by atoms with Crippen LogP contribution in [0.4, 0.5) is 5.69 Å². The zero-order chi connectivity index (χ0) is 25.3. The molecule has 1 atom stereocenters. The van der Waals surface area contributed by atoms with E-state index in [1.807, 2.05) is 6.07 Å². The molecule has 1 unspecified atom stereocenters. The van der Waals surface area contributed by atoms with Crippen LogP contribution in [-0.4, -0.2) is 68.4 Å². The topological polar surface area (TPSA) is 118 Å². The van der Waals surface area contributed by atoms with Gasteiger partial charge in [-0.1, -0.05) is 0 Å². The fourth-order valence-electron chi connectivity index (χ4n) is 5.09. The first-order chi connectivity index (χ1) is 17.3. The van der Waals surface area contributed by atoms with Crippen molar-refractivity contribution in [1.82, 2.24) is 9.21 Å². The number of carbonyl (C=O) groups is 2. The molecule has 1 N–H and O–H groups in total. The van der Waals surface area contributed by atoms with Crippen molar-refractivity contribution in [2.24, 2.45) is 5.92 Å². The van der Waals surface area contributed by atoms with Crippen LogP contribution in [-0.2, 0) is 30.9 Å². The van der Waals surface area contributed by atoms with Crippen LogP contribution < -0.4 is 10.1 Å². The van der Waals surface area contributed by atoms with Gasteiger partial charge in [0.1, 0.15) is 11.5 Å². The minimum atomic E-state index is -3.79. The molecule has 0 radical (unpaired) electrons. The Morgan fingerprint density at radius 3 is 2.72 bits per heavy atom. The van der Waals surface area contributed by atoms with Gasteiger partial charge in [0, 0.05) is 38.2 Å². The molecule has 194 valence electrons. The van der Waals surface area contributed by atoms with Gasteiger partial charge >= 0.3 is 0 Å². The Kier molecular flexibility index (Phi) is 7.05. The standard InChI is InChI=1S/C25H31N3O7S/c1-17-12-21-22(35-16-24(29)26-21)13-23(17)36(31,32)28-8-6-18(7-9-28)25(30)27(14-19-4-2-10-33-19)15-20-5-3-11-34-20/h2,4,10,12-13,18,20H,3,5-9,11,14-16H2,1H3,(H,26,29). The summed E-state index contributed by atoms with van der Waals surface area (Å²) < 4.78 is 45.0. The first-order valence-electron chi connectivity index (χ1n) is 12.3. The Bertz CT molecular complexity index is 1210. The molecule has 2 amide bonds. The second kappa shape index (κ2) is 10.2. The molecule has 2 fully saturated rings. The molecular formula is C25H31N3O7S. The van der Waals surface area contributed by atoms with Gasteiger partial charge in [0.25, 0.3) is 5.91 Å². The molecule has 4 heterocycles. The number of nitrogens with one attached hydrogen (secondary N) is 1. The first-order valence-corrected chi connectivity index (χ1v) is 13.8. The van der Waals surface area contributed by atoms with E-state index >= 15 is 0 Å². The number of hydrogen-bond donors (Lipinski definition) is 1. The summed E-state index contributed by atoms with van der Waals surface area (Å²) >= 11 is 0. The minimum Gasteiger partial charge on any atom is -0.482 e. The predicted molar refractivity (Wildman–Crippen MR) is 130 cm³/mol. The van der Waals surface area contributed by atoms with Crippen molar-refractivity contribution in [2.75, 3.05) is 38.2 Å². The number of carbonyl (C=O) groups excluding carboxylic acids is 2. The highest BCUT2D eigenvalue weighted by Gasteiger charge is 2.36. The fraction of sp³-hybridized carbons (Fsp3) is 0.520. The minimum absolute atomic E-state index is 0.00745. The van der Waals surface area contributed by atoms with Crippen molar-refractivity contribution in [3.8, 4) is 5.75 Å². The van der Waals surface area contributed by atoms with E-state index in [4.69, 9.17) is 13.9 Å². The quantitative estimate of drug-likeness (QED) is 0.600. The molecule has 0 saturated carbocycles. The number of anilines is 1. The van der Waals surface area contributed by atoms with E-state index in [1.165, 1.54) is 10.4 Å². The van der Waals surface area contributed by atoms with Crippen LogP contribution in [0.2, 0.25) is 0 Å². The molecular weight excluding hydrogens is 486 g/mol. The molecule has 0 spiro atoms. The van der Waals surface area contributed by atoms with Gasteiger partial charge in [-0.05, 0) is 56.4 Å². The molecule has 0 aliphatic carbocycles. The number of hydrogen-bond acceptors (Lipinski definition) is 7. The van der Waals surface area contributed by atoms with Crippen LogP contribution >= 0.6 is 0 Å². The van der Waals surface area contributed by atoms with Crippen LogP contribution in [0.25, 0.3) is 0 Å². The Labute approximate surface area is 210 Å². The molecule has 2 aromatic rings. The van der Waals surface area contributed by atoms with Gasteiger partial charge in [-0.25, -0.2) is 8.42 Å². The van der Waals surface area contributed by atoms with E-state index in [1.54, 1.807) is 30.2 Å². The van der Waals surface area contributed by atoms with Gasteiger partial charge in [0.15, 0.2) is 6.61 Å². The summed E-state index contributed by atoms with van der Waals surface area (Å²) in [4.78, 5) is 27.0. The van der Waals surface area contributed by atoms with Crippen molar-refractivity contribution < 1.29 is 31.9 Å². The zero-order valence-corrected chi connectivity index (χ0v) is 21.1. The van der Waals surface area contributed by atoms with Crippen LogP contribution in [0.3, 0.4) is 0 Å². The van der Waals surface area contributed by atoms with Crippen molar-refractivity contribution >= 4 is 27.5 Å². The number of benzene rings is 1. The number of ether oxygens (including phenoxy) is 2. The Morgan fingerprint density at radius 1 is 1.22 bits per heavy atom. The molecule has 11 heteroatoms. The molecule has 2 saturated heterocycles. The van der Waals surface area contributed by atoms with Crippen molar-refractivity contribution in [3.05, 3.63) is 41.9 Å². The van der Waals surface area contributed by atoms with Gasteiger partial charge in [0.2, 0.25) is 15.9 Å². The lowest BCUT2D eigenvalue weighted by Crippen LogP contribution is -2.46. The maximum atomic E-state index is 13.5. The number of amides is 2. The maximum Gasteiger partial charge on any atom is 0.262 e. The number of nitrogens with zero attached hydrogens (tertiary/aromatic N) is 2. The van der Waals surface area contributed by atoms with Crippen molar-refractivity contribution in [2.45, 2.75) is 50.2 Å². The Morgan fingerprint density at radius 2 is 2.03 bits per heavy atom. The molecule has 36 heavy (non-hydrogen) atoms. The number of rotatable bonds is 7. The summed E-state index contributed by atoms with van der Waals surface area (Å²) in [6.45, 7) is 3.63. The van der Waals surface area contributed by atoms with Gasteiger partial charge in [0.05, 0.1) is 29.5 Å². The molecule has 3 aliphatic heterocycles. The Balaban J connectivity index is 1.27. The number of furan rings is 1. The summed E-state index contributed by atoms with van der Waals surface area (Å²) in [6, 6.07) is 6.74. The lowest BCUT2D eigenvalue weighted by molar-refractivity contribution is -0.139. The van der Waals surface area contributed by atoms with Crippen LogP contribution in [0, 0.1) is 12.8 Å². The molecule has 3 aliphatic rings. The van der Waals surface area contributed by atoms with E-state index in [2.05, 4.69) is 5.32 Å². The summed E-state index contributed by atoms with van der Waals surface area (Å²) in [5, 5.41) is 2.70. The normalized spacial score (nSPS) is 21.0. The predicted octanol–water partition coefficient (Wildman–Crippen LogP) is 2.53. The third-order valence-corrected chi connectivity index (χ3v) is 9.06. The van der Waals surface area contributed by atoms with Crippen LogP contribution in [0.5, 0.6) is 5.75 Å². The average Bonchev–Trinajstić information content (AvgIpc) is 3.57. The second-order valence-corrected chi connectivity index (χ2v) is 11.5. The summed E-state index contributed by atoms with van der Waals surface area (Å²) in [6.07, 6.45) is 4.40. The largest absolute Gasteiger partial charge is 0.482 e. The molecule has 0 bridgehead atoms. The van der Waals surface area contributed by atoms with Gasteiger partial charge in [-0.3, -0.25) is 9.59 Å². The summed E-state index contributed by atoms with van der Waals surface area (Å²) in [5.74, 6) is 0.517. The van der Waals surface area contributed by atoms with Crippen LogP contribution in [0.1, 0.15) is 37.0 Å². The number of piperidine rings is 1. The van der Waals surface area contributed by atoms with E-state index in [-0.39, 0.29) is 48.4 Å². The monoisotopic (exact) mass is 517 g/mol. The molecule has 10 nitrogen and oxygen atoms in total. The highest BCUT2D eigenvalue weighted by atomic mass is 32.2. The van der Waals surface area contributed by atoms with Gasteiger partial charge in [-0.2, -0.15) is 4.31 Å². The molecule has 1 aromatic carbocycles. The lowest BCUT2D eigenvalue weighted by atomic mass is 9.96. The third kappa shape index (κ3) is 5.14. The number of sulfonamides is 1. The maximum absolute atomic E-state index is 13.5. The smallest absolute Gasteiger partial charge is 0.262 e. The number of fused-ring (bicyclic) bond motifs is 1. The summed E-state index contributed by atoms with van der Waals surface area (Å²) in [5.41, 5.74) is 0.994. The van der Waals surface area contributed by atoms with Crippen molar-refractivity contribution in [3.63, 3.8) is 0 Å². The van der Waals surface area contributed by atoms with E-state index < -0.39 is 10.0 Å². The first kappa shape index (κ1) is 24.8. The Hall–Kier alpha value is -2.89. The highest BCUT2D eigenvalue weighted by molar-refractivity contribution is 7.89. The van der Waals surface area contributed by atoms with E-state index in [9.17, 15) is 18.0 Å². The zero-order valence-electron chi connectivity index (χ0n) is 20.3. The van der Waals surface area contributed by atoms with Gasteiger partial charge < -0.3 is 24.1 Å². The lowest BCUT2D eigenvalue weighted by Gasteiger charge is -2.34. The summed E-state index contributed by atoms with van der Waals surface area (Å²) in [7, 11) is -3.79. The van der Waals surface area contributed by atoms with E-state index in [0.717, 1.165) is 12.8 Å². The molecule has 5 rings (SSSR count). The number of aryl methyl sites for hydroxylation is 1. The SMILES string of the molecule is Cc1cc2c(cc1S(=O)(=O)N1CCC(C(=O)N(Cc3ccco3)CC3CCCO3)CC1)OCC(=O)N2. The highest BCUT2D eigenvalue weighted by Crippen LogP contribution is 2.35. The molecule has 1 aromatic heterocycles. The van der Waals surface area contributed by atoms with Crippen LogP contribution in [0.15, 0.2) is 39.8 Å². The fourth-order valence-corrected chi connectivity index (χ4v) is 6.78. The second-order valence-electron chi connectivity index (χ2n) is 9.56. The van der Waals surface area contributed by atoms with Crippen molar-refractivity contribution in [1.29, 1.82) is 0 Å².